The van der Waals surface area contributed by atoms with Gasteiger partial charge in [-0.1, -0.05) is 32.0 Å². The molecule has 0 aliphatic heterocycles. The summed E-state index contributed by atoms with van der Waals surface area (Å²) in [5.74, 6) is -0.296. The standard InChI is InChI=1S/C15H23NO2/c1-11(2)8-16(10-15(17)18)9-14-6-5-12(3)13(4)7-14/h5-7,11H,8-10H2,1-4H3,(H,17,18). The molecule has 0 aliphatic carbocycles. The fourth-order valence-corrected chi connectivity index (χ4v) is 2.05. The minimum atomic E-state index is -0.764. The van der Waals surface area contributed by atoms with Crippen molar-refractivity contribution in [1.82, 2.24) is 4.90 Å². The molecule has 0 saturated heterocycles. The van der Waals surface area contributed by atoms with E-state index in [1.165, 1.54) is 16.7 Å². The van der Waals surface area contributed by atoms with Crippen LogP contribution in [0.3, 0.4) is 0 Å². The van der Waals surface area contributed by atoms with Crippen molar-refractivity contribution in [3.05, 3.63) is 34.9 Å². The molecule has 18 heavy (non-hydrogen) atoms. The van der Waals surface area contributed by atoms with Crippen LogP contribution in [0.5, 0.6) is 0 Å². The minimum Gasteiger partial charge on any atom is -0.480 e. The first-order valence-corrected chi connectivity index (χ1v) is 6.38. The highest BCUT2D eigenvalue weighted by Crippen LogP contribution is 2.12. The van der Waals surface area contributed by atoms with Crippen molar-refractivity contribution in [2.45, 2.75) is 34.2 Å². The molecule has 0 unspecified atom stereocenters. The fourth-order valence-electron chi connectivity index (χ4n) is 2.05. The van der Waals surface area contributed by atoms with Crippen molar-refractivity contribution >= 4 is 5.97 Å². The number of carboxylic acid groups (broad SMARTS) is 1. The van der Waals surface area contributed by atoms with Gasteiger partial charge in [0.2, 0.25) is 0 Å². The molecular weight excluding hydrogens is 226 g/mol. The second kappa shape index (κ2) is 6.55. The number of hydrogen-bond acceptors (Lipinski definition) is 2. The number of carbonyl (C=O) groups is 1. The van der Waals surface area contributed by atoms with E-state index in [4.69, 9.17) is 5.11 Å². The molecular formula is C15H23NO2. The van der Waals surface area contributed by atoms with E-state index < -0.39 is 5.97 Å². The van der Waals surface area contributed by atoms with Crippen LogP contribution in [0.15, 0.2) is 18.2 Å². The number of hydrogen-bond donors (Lipinski definition) is 1. The van der Waals surface area contributed by atoms with Crippen molar-refractivity contribution in [1.29, 1.82) is 0 Å². The van der Waals surface area contributed by atoms with E-state index in [-0.39, 0.29) is 6.54 Å². The summed E-state index contributed by atoms with van der Waals surface area (Å²) in [7, 11) is 0. The SMILES string of the molecule is Cc1ccc(CN(CC(=O)O)CC(C)C)cc1C. The summed E-state index contributed by atoms with van der Waals surface area (Å²) in [5.41, 5.74) is 3.71. The Morgan fingerprint density at radius 3 is 2.44 bits per heavy atom. The highest BCUT2D eigenvalue weighted by Gasteiger charge is 2.12. The molecule has 0 amide bonds. The molecule has 0 aromatic heterocycles. The van der Waals surface area contributed by atoms with Crippen LogP contribution in [0, 0.1) is 19.8 Å². The Morgan fingerprint density at radius 1 is 1.28 bits per heavy atom. The second-order valence-electron chi connectivity index (χ2n) is 5.38. The van der Waals surface area contributed by atoms with Crippen LogP contribution in [0.25, 0.3) is 0 Å². The average molecular weight is 249 g/mol. The molecule has 0 radical (unpaired) electrons. The third kappa shape index (κ3) is 4.88. The van der Waals surface area contributed by atoms with E-state index in [2.05, 4.69) is 45.9 Å². The van der Waals surface area contributed by atoms with E-state index in [9.17, 15) is 4.79 Å². The van der Waals surface area contributed by atoms with Crippen LogP contribution in [0.1, 0.15) is 30.5 Å². The van der Waals surface area contributed by atoms with Gasteiger partial charge in [-0.3, -0.25) is 9.69 Å². The Hall–Kier alpha value is -1.35. The Bertz CT molecular complexity index is 413. The van der Waals surface area contributed by atoms with Gasteiger partial charge >= 0.3 is 5.97 Å². The quantitative estimate of drug-likeness (QED) is 0.842. The van der Waals surface area contributed by atoms with Crippen LogP contribution in [-0.2, 0) is 11.3 Å². The van der Waals surface area contributed by atoms with Gasteiger partial charge in [0.1, 0.15) is 0 Å². The molecule has 1 rings (SSSR count). The van der Waals surface area contributed by atoms with E-state index in [1.807, 2.05) is 4.90 Å². The molecule has 0 aliphatic rings. The number of rotatable bonds is 6. The Kier molecular flexibility index (Phi) is 5.35. The summed E-state index contributed by atoms with van der Waals surface area (Å²) >= 11 is 0. The lowest BCUT2D eigenvalue weighted by molar-refractivity contribution is -0.138. The first-order valence-electron chi connectivity index (χ1n) is 6.38. The number of carboxylic acids is 1. The van der Waals surface area contributed by atoms with E-state index in [0.29, 0.717) is 12.5 Å². The smallest absolute Gasteiger partial charge is 0.317 e. The molecule has 0 fully saturated rings. The van der Waals surface area contributed by atoms with Crippen molar-refractivity contribution in [2.24, 2.45) is 5.92 Å². The highest BCUT2D eigenvalue weighted by atomic mass is 16.4. The molecule has 1 aromatic carbocycles. The lowest BCUT2D eigenvalue weighted by atomic mass is 10.1. The molecule has 3 heteroatoms. The topological polar surface area (TPSA) is 40.5 Å². The molecule has 1 N–H and O–H groups in total. The van der Waals surface area contributed by atoms with Gasteiger partial charge < -0.3 is 5.11 Å². The van der Waals surface area contributed by atoms with Crippen LogP contribution >= 0.6 is 0 Å². The molecule has 0 bridgehead atoms. The van der Waals surface area contributed by atoms with Gasteiger partial charge in [-0.25, -0.2) is 0 Å². The third-order valence-electron chi connectivity index (χ3n) is 2.96. The lowest BCUT2D eigenvalue weighted by Crippen LogP contribution is -2.32. The number of benzene rings is 1. The van der Waals surface area contributed by atoms with Gasteiger partial charge in [0.25, 0.3) is 0 Å². The number of aliphatic carboxylic acids is 1. The maximum atomic E-state index is 10.9. The fraction of sp³-hybridized carbons (Fsp3) is 0.533. The zero-order valence-corrected chi connectivity index (χ0v) is 11.7. The van der Waals surface area contributed by atoms with Gasteiger partial charge in [-0.05, 0) is 36.5 Å². The van der Waals surface area contributed by atoms with E-state index in [1.54, 1.807) is 0 Å². The first-order chi connectivity index (χ1) is 8.38. The minimum absolute atomic E-state index is 0.102. The van der Waals surface area contributed by atoms with Crippen molar-refractivity contribution in [2.75, 3.05) is 13.1 Å². The summed E-state index contributed by atoms with van der Waals surface area (Å²) in [6, 6.07) is 6.32. The summed E-state index contributed by atoms with van der Waals surface area (Å²) in [6.07, 6.45) is 0. The van der Waals surface area contributed by atoms with Crippen molar-refractivity contribution in [3.63, 3.8) is 0 Å². The Labute approximate surface area is 109 Å². The van der Waals surface area contributed by atoms with E-state index in [0.717, 1.165) is 6.54 Å². The van der Waals surface area contributed by atoms with Crippen LogP contribution in [0.2, 0.25) is 0 Å². The molecule has 1 aromatic rings. The maximum absolute atomic E-state index is 10.9. The van der Waals surface area contributed by atoms with Crippen molar-refractivity contribution in [3.8, 4) is 0 Å². The van der Waals surface area contributed by atoms with Crippen LogP contribution in [0.4, 0.5) is 0 Å². The molecule has 3 nitrogen and oxygen atoms in total. The van der Waals surface area contributed by atoms with Crippen molar-refractivity contribution < 1.29 is 9.90 Å². The Morgan fingerprint density at radius 2 is 1.94 bits per heavy atom. The zero-order chi connectivity index (χ0) is 13.7. The summed E-state index contributed by atoms with van der Waals surface area (Å²) in [6.45, 7) is 9.99. The highest BCUT2D eigenvalue weighted by molar-refractivity contribution is 5.69. The normalized spacial score (nSPS) is 11.2. The largest absolute Gasteiger partial charge is 0.480 e. The van der Waals surface area contributed by atoms with Crippen LogP contribution in [-0.4, -0.2) is 29.1 Å². The van der Waals surface area contributed by atoms with Gasteiger partial charge in [0, 0.05) is 13.1 Å². The summed E-state index contributed by atoms with van der Waals surface area (Å²) in [4.78, 5) is 12.8. The van der Waals surface area contributed by atoms with Gasteiger partial charge in [0.15, 0.2) is 0 Å². The molecule has 0 heterocycles. The second-order valence-corrected chi connectivity index (χ2v) is 5.38. The predicted octanol–water partition coefficient (Wildman–Crippen LogP) is 2.85. The molecule has 100 valence electrons. The first kappa shape index (κ1) is 14.7. The van der Waals surface area contributed by atoms with Gasteiger partial charge in [-0.15, -0.1) is 0 Å². The monoisotopic (exact) mass is 249 g/mol. The Balaban J connectivity index is 2.74. The molecule has 0 saturated carbocycles. The number of nitrogens with zero attached hydrogens (tertiary/aromatic N) is 1. The average Bonchev–Trinajstić information content (AvgIpc) is 2.21. The summed E-state index contributed by atoms with van der Waals surface area (Å²) in [5, 5.41) is 8.93. The zero-order valence-electron chi connectivity index (χ0n) is 11.7. The predicted molar refractivity (Wildman–Crippen MR) is 73.7 cm³/mol. The van der Waals surface area contributed by atoms with Gasteiger partial charge in [-0.2, -0.15) is 0 Å². The molecule has 0 atom stereocenters. The van der Waals surface area contributed by atoms with Gasteiger partial charge in [0.05, 0.1) is 6.54 Å². The van der Waals surface area contributed by atoms with Crippen LogP contribution < -0.4 is 0 Å². The number of aryl methyl sites for hydroxylation is 2. The third-order valence-corrected chi connectivity index (χ3v) is 2.96. The van der Waals surface area contributed by atoms with E-state index >= 15 is 0 Å². The molecule has 0 spiro atoms. The lowest BCUT2D eigenvalue weighted by Gasteiger charge is -2.22. The summed E-state index contributed by atoms with van der Waals surface area (Å²) < 4.78 is 0. The maximum Gasteiger partial charge on any atom is 0.317 e.